The van der Waals surface area contributed by atoms with Crippen LogP contribution in [0, 0.1) is 5.82 Å². The van der Waals surface area contributed by atoms with Gasteiger partial charge in [0.15, 0.2) is 5.82 Å². The van der Waals surface area contributed by atoms with E-state index in [2.05, 4.69) is 15.3 Å². The first-order chi connectivity index (χ1) is 14.5. The maximum atomic E-state index is 13.3. The number of hydrogen-bond acceptors (Lipinski definition) is 4. The molecule has 0 unspecified atom stereocenters. The van der Waals surface area contributed by atoms with E-state index >= 15 is 0 Å². The zero-order valence-corrected chi connectivity index (χ0v) is 17.2. The minimum Gasteiger partial charge on any atom is -0.355 e. The van der Waals surface area contributed by atoms with E-state index in [-0.39, 0.29) is 17.1 Å². The summed E-state index contributed by atoms with van der Waals surface area (Å²) in [5.41, 5.74) is 0.0319. The van der Waals surface area contributed by atoms with Crippen LogP contribution in [0.1, 0.15) is 25.7 Å². The number of hydrogen-bond donors (Lipinski definition) is 1. The Balaban J connectivity index is 1.66. The second-order valence-electron chi connectivity index (χ2n) is 7.41. The Morgan fingerprint density at radius 2 is 1.77 bits per heavy atom. The summed E-state index contributed by atoms with van der Waals surface area (Å²) in [5, 5.41) is 8.45. The quantitative estimate of drug-likeness (QED) is 0.676. The third kappa shape index (κ3) is 4.31. The molecule has 0 radical (unpaired) electrons. The van der Waals surface area contributed by atoms with Gasteiger partial charge in [0.2, 0.25) is 5.91 Å². The largest absolute Gasteiger partial charge is 0.355 e. The molecule has 6 nitrogen and oxygen atoms in total. The van der Waals surface area contributed by atoms with Gasteiger partial charge in [-0.25, -0.2) is 9.07 Å². The van der Waals surface area contributed by atoms with Gasteiger partial charge in [0, 0.05) is 24.2 Å². The number of fused-ring (bicyclic) bond motifs is 1. The Morgan fingerprint density at radius 1 is 1.07 bits per heavy atom. The molecule has 1 aliphatic rings. The van der Waals surface area contributed by atoms with Crippen molar-refractivity contribution in [3.05, 3.63) is 63.7 Å². The highest BCUT2D eigenvalue weighted by molar-refractivity contribution is 6.31. The molecule has 0 aliphatic carbocycles. The maximum absolute atomic E-state index is 13.3. The van der Waals surface area contributed by atoms with E-state index < -0.39 is 11.7 Å². The number of anilines is 2. The second kappa shape index (κ2) is 8.83. The summed E-state index contributed by atoms with van der Waals surface area (Å²) >= 11 is 5.77. The minimum absolute atomic E-state index is 0.0859. The van der Waals surface area contributed by atoms with Crippen molar-refractivity contribution >= 4 is 39.8 Å². The van der Waals surface area contributed by atoms with E-state index in [9.17, 15) is 14.0 Å². The van der Waals surface area contributed by atoms with Crippen molar-refractivity contribution in [2.75, 3.05) is 23.3 Å². The molecule has 1 amide bonds. The van der Waals surface area contributed by atoms with Crippen LogP contribution in [0.15, 0.2) is 47.3 Å². The highest BCUT2D eigenvalue weighted by Crippen LogP contribution is 2.25. The zero-order chi connectivity index (χ0) is 21.1. The number of carbonyl (C=O) groups excluding carboxylic acids is 1. The average molecular weight is 429 g/mol. The van der Waals surface area contributed by atoms with Crippen molar-refractivity contribution in [3.63, 3.8) is 0 Å². The molecule has 8 heteroatoms. The zero-order valence-electron chi connectivity index (χ0n) is 16.4. The molecule has 1 N–H and O–H groups in total. The number of aromatic nitrogens is 2. The molecule has 30 heavy (non-hydrogen) atoms. The highest BCUT2D eigenvalue weighted by atomic mass is 35.5. The number of amides is 1. The first kappa shape index (κ1) is 20.3. The van der Waals surface area contributed by atoms with Gasteiger partial charge in [-0.3, -0.25) is 9.59 Å². The lowest BCUT2D eigenvalue weighted by molar-refractivity contribution is -0.117. The fraction of sp³-hybridized carbons (Fsp3) is 0.318. The van der Waals surface area contributed by atoms with Gasteiger partial charge < -0.3 is 10.2 Å². The van der Waals surface area contributed by atoms with Crippen LogP contribution in [0.2, 0.25) is 5.02 Å². The molecule has 4 rings (SSSR count). The van der Waals surface area contributed by atoms with E-state index in [1.165, 1.54) is 35.7 Å². The first-order valence-corrected chi connectivity index (χ1v) is 10.4. The summed E-state index contributed by atoms with van der Waals surface area (Å²) < 4.78 is 14.5. The first-order valence-electron chi connectivity index (χ1n) is 10.0. The molecule has 3 aromatic rings. The smallest absolute Gasteiger partial charge is 0.275 e. The van der Waals surface area contributed by atoms with Crippen LogP contribution >= 0.6 is 11.6 Å². The fourth-order valence-electron chi connectivity index (χ4n) is 3.75. The van der Waals surface area contributed by atoms with Gasteiger partial charge in [-0.2, -0.15) is 5.10 Å². The third-order valence-electron chi connectivity index (χ3n) is 5.25. The van der Waals surface area contributed by atoms with Gasteiger partial charge in [-0.15, -0.1) is 0 Å². The standard InChI is InChI=1S/C22H22ClFN4O2/c23-18-13-15(9-10-19(18)24)25-20(29)14-28-22(30)17-8-4-3-7-16(17)21(26-28)27-11-5-1-2-6-12-27/h3-4,7-10,13H,1-2,5-6,11-12,14H2,(H,25,29). The van der Waals surface area contributed by atoms with Crippen molar-refractivity contribution in [3.8, 4) is 0 Å². The van der Waals surface area contributed by atoms with Crippen LogP contribution in [-0.4, -0.2) is 28.8 Å². The van der Waals surface area contributed by atoms with Crippen LogP contribution in [0.4, 0.5) is 15.9 Å². The lowest BCUT2D eigenvalue weighted by Gasteiger charge is -2.23. The van der Waals surface area contributed by atoms with Gasteiger partial charge in [-0.05, 0) is 37.1 Å². The predicted molar refractivity (Wildman–Crippen MR) is 117 cm³/mol. The van der Waals surface area contributed by atoms with Crippen molar-refractivity contribution < 1.29 is 9.18 Å². The molecule has 2 heterocycles. The Hall–Kier alpha value is -2.93. The van der Waals surface area contributed by atoms with E-state index in [0.29, 0.717) is 11.1 Å². The van der Waals surface area contributed by atoms with Crippen LogP contribution < -0.4 is 15.8 Å². The number of rotatable bonds is 4. The molecular formula is C22H22ClFN4O2. The predicted octanol–water partition coefficient (Wildman–Crippen LogP) is 4.21. The summed E-state index contributed by atoms with van der Waals surface area (Å²) in [4.78, 5) is 27.7. The summed E-state index contributed by atoms with van der Waals surface area (Å²) in [6.07, 6.45) is 4.50. The van der Waals surface area contributed by atoms with Crippen molar-refractivity contribution in [2.45, 2.75) is 32.2 Å². The third-order valence-corrected chi connectivity index (χ3v) is 5.54. The Kier molecular flexibility index (Phi) is 5.99. The SMILES string of the molecule is O=C(Cn1nc(N2CCCCCC2)c2ccccc2c1=O)Nc1ccc(F)c(Cl)c1. The number of nitrogens with one attached hydrogen (secondary N) is 1. The minimum atomic E-state index is -0.566. The van der Waals surface area contributed by atoms with Crippen LogP contribution in [-0.2, 0) is 11.3 Å². The van der Waals surface area contributed by atoms with E-state index in [1.807, 2.05) is 12.1 Å². The summed E-state index contributed by atoms with van der Waals surface area (Å²) in [6.45, 7) is 1.49. The number of carbonyl (C=O) groups is 1. The Bertz CT molecular complexity index is 1140. The number of nitrogens with zero attached hydrogens (tertiary/aromatic N) is 3. The molecule has 2 aromatic carbocycles. The summed E-state index contributed by atoms with van der Waals surface area (Å²) in [5.74, 6) is -0.279. The Morgan fingerprint density at radius 3 is 2.47 bits per heavy atom. The molecule has 1 fully saturated rings. The summed E-state index contributed by atoms with van der Waals surface area (Å²) in [7, 11) is 0. The number of benzene rings is 2. The molecule has 0 bridgehead atoms. The molecule has 1 aliphatic heterocycles. The second-order valence-corrected chi connectivity index (χ2v) is 7.82. The molecule has 0 atom stereocenters. The average Bonchev–Trinajstić information content (AvgIpc) is 3.02. The normalized spacial score (nSPS) is 14.5. The van der Waals surface area contributed by atoms with Gasteiger partial charge in [0.1, 0.15) is 12.4 Å². The molecule has 1 saturated heterocycles. The molecule has 0 spiro atoms. The maximum Gasteiger partial charge on any atom is 0.275 e. The van der Waals surface area contributed by atoms with Gasteiger partial charge >= 0.3 is 0 Å². The van der Waals surface area contributed by atoms with Crippen LogP contribution in [0.3, 0.4) is 0 Å². The van der Waals surface area contributed by atoms with Crippen molar-refractivity contribution in [2.24, 2.45) is 0 Å². The van der Waals surface area contributed by atoms with Crippen LogP contribution in [0.5, 0.6) is 0 Å². The summed E-state index contributed by atoms with van der Waals surface area (Å²) in [6, 6.07) is 11.3. The topological polar surface area (TPSA) is 67.2 Å². The van der Waals surface area contributed by atoms with E-state index in [1.54, 1.807) is 12.1 Å². The lowest BCUT2D eigenvalue weighted by Crippen LogP contribution is -2.33. The Labute approximate surface area is 178 Å². The van der Waals surface area contributed by atoms with Gasteiger partial charge in [0.05, 0.1) is 10.4 Å². The lowest BCUT2D eigenvalue weighted by atomic mass is 10.1. The van der Waals surface area contributed by atoms with Gasteiger partial charge in [0.25, 0.3) is 5.56 Å². The molecular weight excluding hydrogens is 407 g/mol. The van der Waals surface area contributed by atoms with E-state index in [4.69, 9.17) is 11.6 Å². The van der Waals surface area contributed by atoms with Crippen molar-refractivity contribution in [1.29, 1.82) is 0 Å². The number of halogens is 2. The fourth-order valence-corrected chi connectivity index (χ4v) is 3.93. The highest BCUT2D eigenvalue weighted by Gasteiger charge is 2.18. The molecule has 0 saturated carbocycles. The van der Waals surface area contributed by atoms with Crippen molar-refractivity contribution in [1.82, 2.24) is 9.78 Å². The van der Waals surface area contributed by atoms with Crippen LogP contribution in [0.25, 0.3) is 10.8 Å². The molecule has 1 aromatic heterocycles. The van der Waals surface area contributed by atoms with E-state index in [0.717, 1.165) is 37.1 Å². The van der Waals surface area contributed by atoms with Gasteiger partial charge in [-0.1, -0.05) is 42.6 Å². The monoisotopic (exact) mass is 428 g/mol. The molecule has 156 valence electrons.